The number of ether oxygens (including phenoxy) is 3. The van der Waals surface area contributed by atoms with Crippen LogP contribution in [-0.4, -0.2) is 92.7 Å². The topological polar surface area (TPSA) is 111 Å². The Morgan fingerprint density at radius 2 is 1.85 bits per heavy atom. The molecule has 2 bridgehead atoms. The van der Waals surface area contributed by atoms with Gasteiger partial charge in [-0.2, -0.15) is 9.61 Å². The number of likely N-dealkylation sites (tertiary alicyclic amines) is 1. The number of aromatic nitrogens is 3. The first kappa shape index (κ1) is 27.8. The fraction of sp³-hybridized carbons (Fsp3) is 0.667. The Kier molecular flexibility index (Phi) is 7.33. The normalized spacial score (nSPS) is 24.8. The van der Waals surface area contributed by atoms with E-state index in [1.54, 1.807) is 4.90 Å². The summed E-state index contributed by atoms with van der Waals surface area (Å²) in [5.74, 6) is 1.24. The molecule has 2 aromatic rings. The number of nitrogens with zero attached hydrogens (tertiary/aromatic N) is 5. The predicted molar refractivity (Wildman–Crippen MR) is 154 cm³/mol. The molecule has 0 aliphatic carbocycles. The Morgan fingerprint density at radius 1 is 1.12 bits per heavy atom. The van der Waals surface area contributed by atoms with Crippen molar-refractivity contribution in [3.63, 3.8) is 0 Å². The van der Waals surface area contributed by atoms with E-state index in [0.29, 0.717) is 32.2 Å². The third-order valence-electron chi connectivity index (χ3n) is 8.48. The van der Waals surface area contributed by atoms with Crippen LogP contribution in [0.25, 0.3) is 11.2 Å². The first-order valence-electron chi connectivity index (χ1n) is 14.9. The SMILES string of the molecule is CC(C)c1cnn2c(NC3CC4CCC(C3)N4C(=O)OC3CN(C(=O)OC(C)(C)C)C3)cc(C3=CCOCC3)nc12. The van der Waals surface area contributed by atoms with Crippen LogP contribution in [0.15, 0.2) is 18.3 Å². The number of fused-ring (bicyclic) bond motifs is 3. The minimum absolute atomic E-state index is 0.125. The first-order chi connectivity index (χ1) is 19.6. The third kappa shape index (κ3) is 5.73. The van der Waals surface area contributed by atoms with E-state index in [0.717, 1.165) is 54.8 Å². The summed E-state index contributed by atoms with van der Waals surface area (Å²) in [6.45, 7) is 11.9. The van der Waals surface area contributed by atoms with E-state index in [2.05, 4.69) is 31.3 Å². The van der Waals surface area contributed by atoms with Gasteiger partial charge in [0.1, 0.15) is 17.5 Å². The molecule has 3 saturated heterocycles. The molecule has 4 aliphatic rings. The summed E-state index contributed by atoms with van der Waals surface area (Å²) in [6.07, 6.45) is 7.59. The summed E-state index contributed by atoms with van der Waals surface area (Å²) in [5, 5.41) is 8.48. The molecule has 3 fully saturated rings. The minimum atomic E-state index is -0.545. The fourth-order valence-corrected chi connectivity index (χ4v) is 6.41. The molecule has 41 heavy (non-hydrogen) atoms. The Balaban J connectivity index is 1.12. The molecule has 222 valence electrons. The number of nitrogens with one attached hydrogen (secondary N) is 1. The summed E-state index contributed by atoms with van der Waals surface area (Å²) in [6, 6.07) is 2.56. The second-order valence-electron chi connectivity index (χ2n) is 13.1. The van der Waals surface area contributed by atoms with Crippen molar-refractivity contribution in [1.82, 2.24) is 24.4 Å². The van der Waals surface area contributed by atoms with Gasteiger partial charge in [-0.05, 0) is 64.4 Å². The summed E-state index contributed by atoms with van der Waals surface area (Å²) < 4.78 is 18.7. The van der Waals surface area contributed by atoms with E-state index < -0.39 is 5.60 Å². The smallest absolute Gasteiger partial charge is 0.410 e. The van der Waals surface area contributed by atoms with Crippen molar-refractivity contribution in [3.8, 4) is 0 Å². The lowest BCUT2D eigenvalue weighted by Crippen LogP contribution is -2.58. The van der Waals surface area contributed by atoms with Crippen molar-refractivity contribution in [3.05, 3.63) is 29.6 Å². The van der Waals surface area contributed by atoms with Crippen molar-refractivity contribution in [2.75, 3.05) is 31.6 Å². The highest BCUT2D eigenvalue weighted by molar-refractivity contribution is 5.72. The summed E-state index contributed by atoms with van der Waals surface area (Å²) in [5.41, 5.74) is 3.64. The van der Waals surface area contributed by atoms with Gasteiger partial charge < -0.3 is 29.3 Å². The maximum absolute atomic E-state index is 13.2. The highest BCUT2D eigenvalue weighted by Gasteiger charge is 2.46. The number of anilines is 1. The fourth-order valence-electron chi connectivity index (χ4n) is 6.41. The lowest BCUT2D eigenvalue weighted by molar-refractivity contribution is -0.0485. The standard InChI is InChI=1S/C30H42N6O5/c1-18(2)24-15-31-36-26(14-25(33-27(24)36)19-8-10-39-11-9-19)32-20-12-21-6-7-22(13-20)35(21)29(38)40-23-16-34(17-23)28(37)41-30(3,4)5/h8,14-15,18,20-23,32H,6-7,9-13,16-17H2,1-5H3. The molecule has 0 aromatic carbocycles. The lowest BCUT2D eigenvalue weighted by Gasteiger charge is -2.42. The van der Waals surface area contributed by atoms with Crippen LogP contribution in [0.5, 0.6) is 0 Å². The Hall–Kier alpha value is -3.34. The van der Waals surface area contributed by atoms with Crippen molar-refractivity contribution < 1.29 is 23.8 Å². The van der Waals surface area contributed by atoms with E-state index in [1.165, 1.54) is 5.57 Å². The van der Waals surface area contributed by atoms with E-state index in [9.17, 15) is 9.59 Å². The zero-order valence-electron chi connectivity index (χ0n) is 24.8. The van der Waals surface area contributed by atoms with E-state index in [1.807, 2.05) is 36.4 Å². The quantitative estimate of drug-likeness (QED) is 0.549. The van der Waals surface area contributed by atoms with Gasteiger partial charge in [0.05, 0.1) is 38.2 Å². The van der Waals surface area contributed by atoms with Crippen molar-refractivity contribution in [2.24, 2.45) is 0 Å². The van der Waals surface area contributed by atoms with Crippen LogP contribution in [0.1, 0.15) is 83.9 Å². The molecular formula is C30H42N6O5. The minimum Gasteiger partial charge on any atom is -0.444 e. The lowest BCUT2D eigenvalue weighted by atomic mass is 9.97. The van der Waals surface area contributed by atoms with Gasteiger partial charge in [0, 0.05) is 29.8 Å². The third-order valence-corrected chi connectivity index (χ3v) is 8.48. The molecule has 4 aliphatic heterocycles. The second-order valence-corrected chi connectivity index (χ2v) is 13.1. The molecule has 2 aromatic heterocycles. The first-order valence-corrected chi connectivity index (χ1v) is 14.9. The molecule has 2 atom stereocenters. The molecule has 0 radical (unpaired) electrons. The molecule has 6 heterocycles. The van der Waals surface area contributed by atoms with Crippen LogP contribution in [0.4, 0.5) is 15.4 Å². The zero-order valence-corrected chi connectivity index (χ0v) is 24.8. The van der Waals surface area contributed by atoms with Crippen molar-refractivity contribution in [1.29, 1.82) is 0 Å². The number of piperidine rings is 1. The number of carbonyl (C=O) groups excluding carboxylic acids is 2. The largest absolute Gasteiger partial charge is 0.444 e. The molecule has 0 spiro atoms. The molecule has 11 nitrogen and oxygen atoms in total. The van der Waals surface area contributed by atoms with Gasteiger partial charge in [-0.1, -0.05) is 19.9 Å². The average Bonchev–Trinajstić information content (AvgIpc) is 3.44. The Labute approximate surface area is 241 Å². The predicted octanol–water partition coefficient (Wildman–Crippen LogP) is 4.82. The summed E-state index contributed by atoms with van der Waals surface area (Å²) >= 11 is 0. The maximum atomic E-state index is 13.2. The molecule has 6 rings (SSSR count). The average molecular weight is 567 g/mol. The van der Waals surface area contributed by atoms with Gasteiger partial charge in [0.25, 0.3) is 0 Å². The van der Waals surface area contributed by atoms with Gasteiger partial charge in [0.15, 0.2) is 5.65 Å². The van der Waals surface area contributed by atoms with E-state index in [4.69, 9.17) is 24.3 Å². The van der Waals surface area contributed by atoms with Crippen molar-refractivity contribution in [2.45, 2.75) is 102 Å². The Morgan fingerprint density at radius 3 is 2.49 bits per heavy atom. The van der Waals surface area contributed by atoms with E-state index >= 15 is 0 Å². The summed E-state index contributed by atoms with van der Waals surface area (Å²) in [7, 11) is 0. The van der Waals surface area contributed by atoms with Crippen LogP contribution in [0.2, 0.25) is 0 Å². The maximum Gasteiger partial charge on any atom is 0.410 e. The second kappa shape index (κ2) is 10.8. The molecule has 11 heteroatoms. The zero-order chi connectivity index (χ0) is 28.9. The molecular weight excluding hydrogens is 524 g/mol. The van der Waals surface area contributed by atoms with Gasteiger partial charge in [-0.15, -0.1) is 0 Å². The molecule has 2 amide bonds. The van der Waals surface area contributed by atoms with Crippen molar-refractivity contribution >= 4 is 29.2 Å². The number of hydrogen-bond donors (Lipinski definition) is 1. The number of amides is 2. The Bertz CT molecular complexity index is 1330. The van der Waals surface area contributed by atoms with E-state index in [-0.39, 0.29) is 36.4 Å². The van der Waals surface area contributed by atoms with Gasteiger partial charge in [-0.3, -0.25) is 0 Å². The van der Waals surface area contributed by atoms with Gasteiger partial charge in [0.2, 0.25) is 0 Å². The molecule has 1 N–H and O–H groups in total. The summed E-state index contributed by atoms with van der Waals surface area (Å²) in [4.78, 5) is 34.0. The van der Waals surface area contributed by atoms with Gasteiger partial charge >= 0.3 is 12.2 Å². The van der Waals surface area contributed by atoms with Crippen LogP contribution in [0.3, 0.4) is 0 Å². The number of carbonyl (C=O) groups is 2. The highest BCUT2D eigenvalue weighted by Crippen LogP contribution is 2.38. The van der Waals surface area contributed by atoms with Crippen LogP contribution >= 0.6 is 0 Å². The number of hydrogen-bond acceptors (Lipinski definition) is 8. The van der Waals surface area contributed by atoms with Crippen LogP contribution < -0.4 is 5.32 Å². The van der Waals surface area contributed by atoms with Crippen LogP contribution in [0, 0.1) is 0 Å². The number of rotatable bonds is 5. The monoisotopic (exact) mass is 566 g/mol. The molecule has 2 unspecified atom stereocenters. The van der Waals surface area contributed by atoms with Gasteiger partial charge in [-0.25, -0.2) is 14.6 Å². The molecule has 0 saturated carbocycles. The van der Waals surface area contributed by atoms with Crippen LogP contribution in [-0.2, 0) is 14.2 Å². The highest BCUT2D eigenvalue weighted by atomic mass is 16.6.